The molecule has 4 heterocycles. The van der Waals surface area contributed by atoms with Gasteiger partial charge < -0.3 is 19.3 Å². The van der Waals surface area contributed by atoms with E-state index in [2.05, 4.69) is 32.0 Å². The van der Waals surface area contributed by atoms with Crippen LogP contribution >= 0.6 is 0 Å². The molecule has 3 aliphatic rings. The van der Waals surface area contributed by atoms with Crippen molar-refractivity contribution in [2.75, 3.05) is 44.2 Å². The van der Waals surface area contributed by atoms with Crippen LogP contribution in [0.4, 0.5) is 23.2 Å². The number of piperidine rings is 1. The number of anilines is 1. The average molecular weight is 585 g/mol. The number of rotatable bonds is 7. The van der Waals surface area contributed by atoms with Crippen LogP contribution in [0.25, 0.3) is 23.2 Å². The highest BCUT2D eigenvalue weighted by atomic mass is 19.4. The smallest absolute Gasteiger partial charge is 0.421 e. The second kappa shape index (κ2) is 11.6. The van der Waals surface area contributed by atoms with Gasteiger partial charge in [-0.15, -0.1) is 0 Å². The molecule has 1 aromatic carbocycles. The SMILES string of the molecule is CCN1CCC2(CC1)CN(c1c(/C=C(\F)c3cncc(-c4ccnnc4)n3)ccc(OC3CC3)c1C(F)(F)F)CCO2. The molecule has 0 atom stereocenters. The number of hydrogen-bond donors (Lipinski definition) is 0. The molecule has 42 heavy (non-hydrogen) atoms. The van der Waals surface area contributed by atoms with Gasteiger partial charge in [-0.05, 0) is 56.5 Å². The third-order valence-electron chi connectivity index (χ3n) is 8.09. The fourth-order valence-electron chi connectivity index (χ4n) is 5.67. The van der Waals surface area contributed by atoms with Gasteiger partial charge >= 0.3 is 6.18 Å². The summed E-state index contributed by atoms with van der Waals surface area (Å²) in [6.07, 6.45) is 4.62. The standard InChI is InChI=1S/C30H32F4N6O2/c1-2-39-11-8-29(9-12-39)19-40(13-14-41-29)28-20(3-6-26(42-22-4-5-22)27(28)30(32,33)34)15-23(31)25-18-35-17-24(38-25)21-7-10-36-37-16-21/h3,6-7,10,15-18,22H,2,4-5,8-9,11-14,19H2,1H3/b23-15-. The zero-order valence-corrected chi connectivity index (χ0v) is 23.3. The third kappa shape index (κ3) is 6.10. The van der Waals surface area contributed by atoms with Gasteiger partial charge in [-0.3, -0.25) is 4.98 Å². The van der Waals surface area contributed by atoms with Crippen LogP contribution in [0.1, 0.15) is 49.4 Å². The van der Waals surface area contributed by atoms with E-state index in [-0.39, 0.29) is 48.5 Å². The topological polar surface area (TPSA) is 76.5 Å². The average Bonchev–Trinajstić information content (AvgIpc) is 3.82. The molecule has 3 fully saturated rings. The molecule has 1 aliphatic carbocycles. The van der Waals surface area contributed by atoms with E-state index in [0.29, 0.717) is 36.9 Å². The van der Waals surface area contributed by atoms with Gasteiger partial charge in [-0.1, -0.05) is 6.92 Å². The van der Waals surface area contributed by atoms with Crippen molar-refractivity contribution in [2.45, 2.75) is 50.5 Å². The number of nitrogens with zero attached hydrogens (tertiary/aromatic N) is 6. The molecule has 12 heteroatoms. The Balaban J connectivity index is 1.42. The fourth-order valence-corrected chi connectivity index (χ4v) is 5.67. The summed E-state index contributed by atoms with van der Waals surface area (Å²) >= 11 is 0. The van der Waals surface area contributed by atoms with E-state index in [0.717, 1.165) is 25.7 Å². The van der Waals surface area contributed by atoms with Crippen molar-refractivity contribution in [3.63, 3.8) is 0 Å². The van der Waals surface area contributed by atoms with Gasteiger partial charge in [-0.25, -0.2) is 9.37 Å². The van der Waals surface area contributed by atoms with Crippen LogP contribution < -0.4 is 9.64 Å². The molecule has 2 saturated heterocycles. The number of aromatic nitrogens is 4. The number of alkyl halides is 3. The highest BCUT2D eigenvalue weighted by Crippen LogP contribution is 2.48. The molecular formula is C30H32F4N6O2. The molecule has 2 aliphatic heterocycles. The van der Waals surface area contributed by atoms with Gasteiger partial charge in [0, 0.05) is 37.3 Å². The van der Waals surface area contributed by atoms with Crippen molar-refractivity contribution < 1.29 is 27.0 Å². The summed E-state index contributed by atoms with van der Waals surface area (Å²) in [6.45, 7) is 5.41. The molecule has 0 radical (unpaired) electrons. The molecule has 6 rings (SSSR count). The molecule has 0 amide bonds. The molecule has 1 spiro atoms. The van der Waals surface area contributed by atoms with Gasteiger partial charge in [0.15, 0.2) is 5.83 Å². The Morgan fingerprint density at radius 1 is 1.10 bits per heavy atom. The van der Waals surface area contributed by atoms with E-state index < -0.39 is 23.2 Å². The third-order valence-corrected chi connectivity index (χ3v) is 8.09. The lowest BCUT2D eigenvalue weighted by atomic mass is 9.88. The van der Waals surface area contributed by atoms with Crippen LogP contribution in [0, 0.1) is 0 Å². The van der Waals surface area contributed by atoms with Gasteiger partial charge in [-0.2, -0.15) is 23.4 Å². The normalized spacial score (nSPS) is 19.7. The zero-order chi connectivity index (χ0) is 29.3. The zero-order valence-electron chi connectivity index (χ0n) is 23.3. The maximum atomic E-state index is 15.8. The Labute approximate surface area is 241 Å². The van der Waals surface area contributed by atoms with Crippen LogP contribution in [-0.2, 0) is 10.9 Å². The summed E-state index contributed by atoms with van der Waals surface area (Å²) < 4.78 is 72.4. The lowest BCUT2D eigenvalue weighted by Crippen LogP contribution is -2.57. The Kier molecular flexibility index (Phi) is 7.84. The van der Waals surface area contributed by atoms with Crippen LogP contribution in [0.2, 0.25) is 0 Å². The molecule has 0 N–H and O–H groups in total. The van der Waals surface area contributed by atoms with E-state index in [1.807, 2.05) is 0 Å². The van der Waals surface area contributed by atoms with Crippen molar-refractivity contribution in [3.8, 4) is 17.0 Å². The largest absolute Gasteiger partial charge is 0.490 e. The molecular weight excluding hydrogens is 552 g/mol. The molecule has 8 nitrogen and oxygen atoms in total. The summed E-state index contributed by atoms with van der Waals surface area (Å²) in [4.78, 5) is 12.4. The van der Waals surface area contributed by atoms with E-state index in [1.54, 1.807) is 11.0 Å². The number of benzene rings is 1. The quantitative estimate of drug-likeness (QED) is 0.330. The Morgan fingerprint density at radius 2 is 1.90 bits per heavy atom. The molecule has 222 valence electrons. The minimum Gasteiger partial charge on any atom is -0.490 e. The van der Waals surface area contributed by atoms with Gasteiger partial charge in [0.05, 0.1) is 54.5 Å². The van der Waals surface area contributed by atoms with E-state index >= 15 is 4.39 Å². The summed E-state index contributed by atoms with van der Waals surface area (Å²) in [5.74, 6) is -1.04. The lowest BCUT2D eigenvalue weighted by molar-refractivity contribution is -0.139. The molecule has 2 aromatic heterocycles. The summed E-state index contributed by atoms with van der Waals surface area (Å²) in [6, 6.07) is 4.45. The maximum Gasteiger partial charge on any atom is 0.421 e. The molecule has 0 bridgehead atoms. The first-order valence-electron chi connectivity index (χ1n) is 14.2. The van der Waals surface area contributed by atoms with Crippen molar-refractivity contribution in [1.82, 2.24) is 25.1 Å². The summed E-state index contributed by atoms with van der Waals surface area (Å²) in [7, 11) is 0. The van der Waals surface area contributed by atoms with Gasteiger partial charge in [0.1, 0.15) is 17.0 Å². The van der Waals surface area contributed by atoms with Crippen molar-refractivity contribution in [2.24, 2.45) is 0 Å². The molecule has 0 unspecified atom stereocenters. The van der Waals surface area contributed by atoms with Crippen molar-refractivity contribution in [3.05, 3.63) is 59.8 Å². The number of likely N-dealkylation sites (tertiary alicyclic amines) is 1. The minimum absolute atomic E-state index is 0.0868. The van der Waals surface area contributed by atoms with Crippen LogP contribution in [0.3, 0.4) is 0 Å². The Bertz CT molecular complexity index is 1440. The van der Waals surface area contributed by atoms with E-state index in [4.69, 9.17) is 9.47 Å². The van der Waals surface area contributed by atoms with Gasteiger partial charge in [0.2, 0.25) is 0 Å². The number of ether oxygens (including phenoxy) is 2. The van der Waals surface area contributed by atoms with Crippen LogP contribution in [0.15, 0.2) is 43.0 Å². The highest BCUT2D eigenvalue weighted by Gasteiger charge is 2.45. The fraction of sp³-hybridized carbons (Fsp3) is 0.467. The Hall–Kier alpha value is -3.64. The second-order valence-corrected chi connectivity index (χ2v) is 11.0. The first-order valence-corrected chi connectivity index (χ1v) is 14.2. The minimum atomic E-state index is -4.73. The monoisotopic (exact) mass is 584 g/mol. The van der Waals surface area contributed by atoms with Gasteiger partial charge in [0.25, 0.3) is 0 Å². The molecule has 1 saturated carbocycles. The van der Waals surface area contributed by atoms with E-state index in [1.165, 1.54) is 36.9 Å². The van der Waals surface area contributed by atoms with Crippen LogP contribution in [-0.4, -0.2) is 76.1 Å². The molecule has 3 aromatic rings. The van der Waals surface area contributed by atoms with Crippen LogP contribution in [0.5, 0.6) is 5.75 Å². The Morgan fingerprint density at radius 3 is 2.60 bits per heavy atom. The van der Waals surface area contributed by atoms with Crippen molar-refractivity contribution >= 4 is 17.6 Å². The first-order chi connectivity index (χ1) is 20.2. The predicted molar refractivity (Wildman–Crippen MR) is 149 cm³/mol. The first kappa shape index (κ1) is 28.5. The maximum absolute atomic E-state index is 15.8. The predicted octanol–water partition coefficient (Wildman–Crippen LogP) is 5.65. The number of morpholine rings is 1. The van der Waals surface area contributed by atoms with E-state index in [9.17, 15) is 13.2 Å². The summed E-state index contributed by atoms with van der Waals surface area (Å²) in [5, 5.41) is 7.55. The second-order valence-electron chi connectivity index (χ2n) is 11.0. The number of hydrogen-bond acceptors (Lipinski definition) is 8. The highest BCUT2D eigenvalue weighted by molar-refractivity contribution is 5.84. The lowest BCUT2D eigenvalue weighted by Gasteiger charge is -2.48. The summed E-state index contributed by atoms with van der Waals surface area (Å²) in [5.41, 5.74) is -0.625. The van der Waals surface area contributed by atoms with Crippen molar-refractivity contribution in [1.29, 1.82) is 0 Å². The number of halogens is 4.